The molecule has 2 atom stereocenters. The Morgan fingerprint density at radius 3 is 2.75 bits per heavy atom. The van der Waals surface area contributed by atoms with Crippen LogP contribution in [-0.4, -0.2) is 19.6 Å². The minimum atomic E-state index is 0.731. The molecule has 2 unspecified atom stereocenters. The maximum atomic E-state index is 5.77. The Kier molecular flexibility index (Phi) is 4.67. The van der Waals surface area contributed by atoms with E-state index in [0.29, 0.717) is 0 Å². The lowest BCUT2D eigenvalue weighted by Crippen LogP contribution is -2.42. The van der Waals surface area contributed by atoms with Gasteiger partial charge in [0, 0.05) is 23.2 Å². The molecular formula is C17H25BrN2. The third-order valence-electron chi connectivity index (χ3n) is 5.09. The van der Waals surface area contributed by atoms with Crippen molar-refractivity contribution >= 4 is 21.6 Å². The van der Waals surface area contributed by atoms with E-state index in [-0.39, 0.29) is 0 Å². The van der Waals surface area contributed by atoms with Crippen molar-refractivity contribution in [3.63, 3.8) is 0 Å². The van der Waals surface area contributed by atoms with Crippen LogP contribution in [0.5, 0.6) is 0 Å². The highest BCUT2D eigenvalue weighted by Gasteiger charge is 2.31. The fourth-order valence-electron chi connectivity index (χ4n) is 4.02. The van der Waals surface area contributed by atoms with Crippen LogP contribution in [0.15, 0.2) is 22.7 Å². The fraction of sp³-hybridized carbons (Fsp3) is 0.647. The molecule has 0 aromatic heterocycles. The summed E-state index contributed by atoms with van der Waals surface area (Å²) in [5, 5.41) is 0. The number of benzene rings is 1. The Morgan fingerprint density at radius 2 is 1.95 bits per heavy atom. The molecule has 1 saturated heterocycles. The topological polar surface area (TPSA) is 29.3 Å². The quantitative estimate of drug-likeness (QED) is 0.904. The molecule has 1 aliphatic heterocycles. The van der Waals surface area contributed by atoms with E-state index in [0.717, 1.165) is 24.8 Å². The van der Waals surface area contributed by atoms with E-state index in [2.05, 4.69) is 39.0 Å². The van der Waals surface area contributed by atoms with Gasteiger partial charge < -0.3 is 10.6 Å². The highest BCUT2D eigenvalue weighted by molar-refractivity contribution is 9.10. The predicted octanol–water partition coefficient (Wildman–Crippen LogP) is 3.97. The first kappa shape index (κ1) is 14.4. The van der Waals surface area contributed by atoms with Crippen molar-refractivity contribution < 1.29 is 0 Å². The second-order valence-electron chi connectivity index (χ2n) is 6.35. The summed E-state index contributed by atoms with van der Waals surface area (Å²) in [5.74, 6) is 1.91. The van der Waals surface area contributed by atoms with Gasteiger partial charge >= 0.3 is 0 Å². The molecule has 1 aliphatic carbocycles. The van der Waals surface area contributed by atoms with Crippen molar-refractivity contribution in [1.82, 2.24) is 0 Å². The molecular weight excluding hydrogens is 312 g/mol. The largest absolute Gasteiger partial charge is 0.371 e. The fourth-order valence-corrected chi connectivity index (χ4v) is 4.37. The lowest BCUT2D eigenvalue weighted by molar-refractivity contribution is 0.202. The first-order valence-corrected chi connectivity index (χ1v) is 8.80. The number of piperidine rings is 1. The maximum Gasteiger partial charge on any atom is 0.0410 e. The van der Waals surface area contributed by atoms with Gasteiger partial charge in [-0.1, -0.05) is 41.3 Å². The summed E-state index contributed by atoms with van der Waals surface area (Å²) >= 11 is 3.63. The highest BCUT2D eigenvalue weighted by Crippen LogP contribution is 2.38. The maximum absolute atomic E-state index is 5.77. The summed E-state index contributed by atoms with van der Waals surface area (Å²) in [6.07, 6.45) is 8.14. The van der Waals surface area contributed by atoms with Crippen molar-refractivity contribution in [3.05, 3.63) is 28.2 Å². The Bertz CT molecular complexity index is 460. The number of nitrogens with zero attached hydrogens (tertiary/aromatic N) is 1. The number of nitrogens with two attached hydrogens (primary N) is 1. The lowest BCUT2D eigenvalue weighted by atomic mass is 9.75. The van der Waals surface area contributed by atoms with Gasteiger partial charge in [-0.2, -0.15) is 0 Å². The molecule has 2 fully saturated rings. The van der Waals surface area contributed by atoms with Crippen LogP contribution in [0.3, 0.4) is 0 Å². The van der Waals surface area contributed by atoms with E-state index in [9.17, 15) is 0 Å². The second kappa shape index (κ2) is 6.48. The van der Waals surface area contributed by atoms with E-state index in [4.69, 9.17) is 5.73 Å². The van der Waals surface area contributed by atoms with Crippen LogP contribution in [0.4, 0.5) is 5.69 Å². The number of hydrogen-bond donors (Lipinski definition) is 1. The van der Waals surface area contributed by atoms with E-state index in [1.165, 1.54) is 60.9 Å². The zero-order valence-electron chi connectivity index (χ0n) is 12.2. The van der Waals surface area contributed by atoms with Crippen LogP contribution in [0.2, 0.25) is 0 Å². The molecule has 0 bridgehead atoms. The van der Waals surface area contributed by atoms with Gasteiger partial charge in [0.2, 0.25) is 0 Å². The van der Waals surface area contributed by atoms with Crippen molar-refractivity contribution in [2.75, 3.05) is 24.5 Å². The molecule has 1 heterocycles. The Hall–Kier alpha value is -0.540. The van der Waals surface area contributed by atoms with Gasteiger partial charge in [-0.25, -0.2) is 0 Å². The number of fused-ring (bicyclic) bond motifs is 1. The highest BCUT2D eigenvalue weighted by atomic mass is 79.9. The predicted molar refractivity (Wildman–Crippen MR) is 89.2 cm³/mol. The first-order chi connectivity index (χ1) is 9.78. The van der Waals surface area contributed by atoms with Gasteiger partial charge in [-0.15, -0.1) is 0 Å². The molecule has 3 rings (SSSR count). The van der Waals surface area contributed by atoms with Gasteiger partial charge in [-0.05, 0) is 55.3 Å². The third kappa shape index (κ3) is 3.04. The second-order valence-corrected chi connectivity index (χ2v) is 7.27. The zero-order chi connectivity index (χ0) is 13.9. The van der Waals surface area contributed by atoms with Crippen molar-refractivity contribution in [2.24, 2.45) is 17.6 Å². The SMILES string of the molecule is NCCc1ccc(Br)cc1N1CCC2CCCCC2C1. The van der Waals surface area contributed by atoms with Crippen LogP contribution >= 0.6 is 15.9 Å². The minimum Gasteiger partial charge on any atom is -0.371 e. The molecule has 3 heteroatoms. The Morgan fingerprint density at radius 1 is 1.15 bits per heavy atom. The molecule has 0 spiro atoms. The molecule has 2 aliphatic rings. The monoisotopic (exact) mass is 336 g/mol. The van der Waals surface area contributed by atoms with Crippen LogP contribution in [0.25, 0.3) is 0 Å². The number of hydrogen-bond acceptors (Lipinski definition) is 2. The lowest BCUT2D eigenvalue weighted by Gasteiger charge is -2.43. The van der Waals surface area contributed by atoms with Crippen molar-refractivity contribution in [1.29, 1.82) is 0 Å². The summed E-state index contributed by atoms with van der Waals surface area (Å²) in [6.45, 7) is 3.20. The minimum absolute atomic E-state index is 0.731. The average Bonchev–Trinajstić information content (AvgIpc) is 2.49. The first-order valence-electron chi connectivity index (χ1n) is 8.01. The van der Waals surface area contributed by atoms with Gasteiger partial charge in [-0.3, -0.25) is 0 Å². The summed E-state index contributed by atoms with van der Waals surface area (Å²) in [5.41, 5.74) is 8.59. The van der Waals surface area contributed by atoms with E-state index in [1.807, 2.05) is 0 Å². The molecule has 1 aromatic carbocycles. The average molecular weight is 337 g/mol. The van der Waals surface area contributed by atoms with E-state index < -0.39 is 0 Å². The van der Waals surface area contributed by atoms with Crippen molar-refractivity contribution in [3.8, 4) is 0 Å². The standard InChI is InChI=1S/C17H25BrN2/c18-16-6-5-14(7-9-19)17(11-16)20-10-8-13-3-1-2-4-15(13)12-20/h5-6,11,13,15H,1-4,7-10,12,19H2. The molecule has 1 saturated carbocycles. The third-order valence-corrected chi connectivity index (χ3v) is 5.59. The molecule has 0 amide bonds. The van der Waals surface area contributed by atoms with Crippen molar-refractivity contribution in [2.45, 2.75) is 38.5 Å². The van der Waals surface area contributed by atoms with E-state index >= 15 is 0 Å². The van der Waals surface area contributed by atoms with Crippen LogP contribution in [-0.2, 0) is 6.42 Å². The Labute approximate surface area is 130 Å². The van der Waals surface area contributed by atoms with Gasteiger partial charge in [0.15, 0.2) is 0 Å². The van der Waals surface area contributed by atoms with Crippen LogP contribution in [0.1, 0.15) is 37.7 Å². The number of rotatable bonds is 3. The molecule has 110 valence electrons. The van der Waals surface area contributed by atoms with Gasteiger partial charge in [0.1, 0.15) is 0 Å². The summed E-state index contributed by atoms with van der Waals surface area (Å²) in [7, 11) is 0. The van der Waals surface area contributed by atoms with E-state index in [1.54, 1.807) is 0 Å². The zero-order valence-corrected chi connectivity index (χ0v) is 13.7. The molecule has 0 radical (unpaired) electrons. The summed E-state index contributed by atoms with van der Waals surface area (Å²) in [6, 6.07) is 6.66. The molecule has 20 heavy (non-hydrogen) atoms. The van der Waals surface area contributed by atoms with Crippen LogP contribution < -0.4 is 10.6 Å². The summed E-state index contributed by atoms with van der Waals surface area (Å²) < 4.78 is 1.18. The smallest absolute Gasteiger partial charge is 0.0410 e. The molecule has 1 aromatic rings. The van der Waals surface area contributed by atoms with Gasteiger partial charge in [0.05, 0.1) is 0 Å². The Balaban J connectivity index is 1.80. The number of halogens is 1. The molecule has 2 nitrogen and oxygen atoms in total. The number of anilines is 1. The normalized spacial score (nSPS) is 26.4. The van der Waals surface area contributed by atoms with Gasteiger partial charge in [0.25, 0.3) is 0 Å². The van der Waals surface area contributed by atoms with Crippen LogP contribution in [0, 0.1) is 11.8 Å². The summed E-state index contributed by atoms with van der Waals surface area (Å²) in [4.78, 5) is 2.61. The molecule has 2 N–H and O–H groups in total.